The summed E-state index contributed by atoms with van der Waals surface area (Å²) in [6.45, 7) is 16.1. The maximum Gasteiger partial charge on any atom is 0.338 e. The van der Waals surface area contributed by atoms with E-state index >= 15 is 0 Å². The number of esters is 1. The number of phenols is 1. The number of aliphatic carboxylic acids is 1. The number of allylic oxidation sites excluding steroid dienone is 1. The Morgan fingerprint density at radius 2 is 1.69 bits per heavy atom. The molecular formula is C38H54O7. The van der Waals surface area contributed by atoms with E-state index in [1.807, 2.05) is 0 Å². The molecule has 0 saturated heterocycles. The van der Waals surface area contributed by atoms with Gasteiger partial charge >= 0.3 is 11.9 Å². The molecule has 45 heavy (non-hydrogen) atoms. The molecule has 0 bridgehead atoms. The Morgan fingerprint density at radius 1 is 0.956 bits per heavy atom. The predicted molar refractivity (Wildman–Crippen MR) is 172 cm³/mol. The van der Waals surface area contributed by atoms with Crippen LogP contribution in [0.2, 0.25) is 0 Å². The van der Waals surface area contributed by atoms with Gasteiger partial charge in [-0.05, 0) is 135 Å². The molecule has 0 aliphatic heterocycles. The third-order valence-corrected chi connectivity index (χ3v) is 15.0. The second kappa shape index (κ2) is 10.7. The standard InChI is InChI=1S/C38H54O7/c1-22(2)24-12-17-37(33(42)43)18-19-38(21-45-32(41)23-8-10-26(39)27(20-23)44-7)25(31(24)37)9-11-29-35(5)15-14-30(40)34(3,4)28(35)13-16-36(29,38)6/h8,10,20,24-25,28-31,39-40H,1,9,11-19,21H2,2-7H3,(H,42,43). The molecule has 10 unspecified atom stereocenters. The molecule has 1 aromatic carbocycles. The molecule has 5 fully saturated rings. The van der Waals surface area contributed by atoms with Gasteiger partial charge in [-0.2, -0.15) is 0 Å². The van der Waals surface area contributed by atoms with Crippen LogP contribution in [0.15, 0.2) is 30.4 Å². The Balaban J connectivity index is 1.44. The zero-order valence-electron chi connectivity index (χ0n) is 28.2. The largest absolute Gasteiger partial charge is 0.504 e. The van der Waals surface area contributed by atoms with Crippen LogP contribution in [0.5, 0.6) is 11.5 Å². The molecule has 5 aliphatic rings. The van der Waals surface area contributed by atoms with Gasteiger partial charge in [0.1, 0.15) is 0 Å². The molecule has 0 spiro atoms. The smallest absolute Gasteiger partial charge is 0.338 e. The van der Waals surface area contributed by atoms with Crippen molar-refractivity contribution < 1.29 is 34.4 Å². The lowest BCUT2D eigenvalue weighted by molar-refractivity contribution is -0.261. The van der Waals surface area contributed by atoms with E-state index in [0.717, 1.165) is 56.9 Å². The maximum atomic E-state index is 13.7. The fraction of sp³-hybridized carbons (Fsp3) is 0.737. The zero-order valence-corrected chi connectivity index (χ0v) is 28.2. The predicted octanol–water partition coefficient (Wildman–Crippen LogP) is 7.64. The molecule has 10 atom stereocenters. The van der Waals surface area contributed by atoms with Crippen molar-refractivity contribution in [1.82, 2.24) is 0 Å². The highest BCUT2D eigenvalue weighted by Gasteiger charge is 2.73. The number of carbonyl (C=O) groups excluding carboxylic acids is 1. The summed E-state index contributed by atoms with van der Waals surface area (Å²) in [6, 6.07) is 4.53. The monoisotopic (exact) mass is 622 g/mol. The maximum absolute atomic E-state index is 13.7. The second-order valence-corrected chi connectivity index (χ2v) is 16.7. The number of benzene rings is 1. The topological polar surface area (TPSA) is 113 Å². The van der Waals surface area contributed by atoms with Gasteiger partial charge < -0.3 is 24.8 Å². The Hall–Kier alpha value is -2.54. The van der Waals surface area contributed by atoms with Gasteiger partial charge in [0.25, 0.3) is 0 Å². The number of aliphatic hydroxyl groups is 1. The first kappa shape index (κ1) is 32.4. The van der Waals surface area contributed by atoms with Crippen molar-refractivity contribution in [2.75, 3.05) is 13.7 Å². The summed E-state index contributed by atoms with van der Waals surface area (Å²) in [7, 11) is 1.45. The average Bonchev–Trinajstić information content (AvgIpc) is 3.40. The number of carbonyl (C=O) groups is 2. The molecule has 7 nitrogen and oxygen atoms in total. The third-order valence-electron chi connectivity index (χ3n) is 15.0. The number of carboxylic acids is 1. The molecule has 0 amide bonds. The summed E-state index contributed by atoms with van der Waals surface area (Å²) in [5, 5.41) is 32.0. The summed E-state index contributed by atoms with van der Waals surface area (Å²) >= 11 is 0. The summed E-state index contributed by atoms with van der Waals surface area (Å²) < 4.78 is 11.6. The number of carboxylic acid groups (broad SMARTS) is 1. The molecule has 0 aromatic heterocycles. The molecule has 0 radical (unpaired) electrons. The van der Waals surface area contributed by atoms with Crippen LogP contribution in [0.1, 0.15) is 109 Å². The van der Waals surface area contributed by atoms with E-state index in [2.05, 4.69) is 41.2 Å². The minimum atomic E-state index is -0.770. The van der Waals surface area contributed by atoms with Crippen LogP contribution in [0, 0.1) is 56.7 Å². The summed E-state index contributed by atoms with van der Waals surface area (Å²) in [4.78, 5) is 26.9. The van der Waals surface area contributed by atoms with Gasteiger partial charge in [0.15, 0.2) is 11.5 Å². The van der Waals surface area contributed by atoms with Gasteiger partial charge in [-0.1, -0.05) is 39.8 Å². The van der Waals surface area contributed by atoms with Crippen LogP contribution in [0.4, 0.5) is 0 Å². The highest BCUT2D eigenvalue weighted by molar-refractivity contribution is 5.90. The number of fused-ring (bicyclic) bond motifs is 7. The van der Waals surface area contributed by atoms with E-state index in [4.69, 9.17) is 9.47 Å². The molecule has 5 aliphatic carbocycles. The Bertz CT molecular complexity index is 1380. The highest BCUT2D eigenvalue weighted by Crippen LogP contribution is 2.77. The Kier molecular flexibility index (Phi) is 7.74. The van der Waals surface area contributed by atoms with Crippen LogP contribution in [-0.4, -0.2) is 47.1 Å². The lowest BCUT2D eigenvalue weighted by Crippen LogP contribution is -2.69. The Labute approximate surface area is 268 Å². The van der Waals surface area contributed by atoms with E-state index in [9.17, 15) is 24.9 Å². The number of aromatic hydroxyl groups is 1. The zero-order chi connectivity index (χ0) is 32.7. The van der Waals surface area contributed by atoms with Crippen molar-refractivity contribution in [3.63, 3.8) is 0 Å². The fourth-order valence-electron chi connectivity index (χ4n) is 12.7. The molecule has 6 rings (SSSR count). The first-order valence-electron chi connectivity index (χ1n) is 17.2. The van der Waals surface area contributed by atoms with Crippen molar-refractivity contribution in [3.8, 4) is 11.5 Å². The number of methoxy groups -OCH3 is 1. The van der Waals surface area contributed by atoms with Crippen LogP contribution >= 0.6 is 0 Å². The molecule has 5 saturated carbocycles. The number of ether oxygens (including phenoxy) is 2. The van der Waals surface area contributed by atoms with Crippen molar-refractivity contribution >= 4 is 11.9 Å². The first-order valence-corrected chi connectivity index (χ1v) is 17.2. The van der Waals surface area contributed by atoms with Crippen molar-refractivity contribution in [2.45, 2.75) is 105 Å². The SMILES string of the molecule is C=C(C)C1CCC2(C(=O)O)CCC3(COC(=O)c4ccc(O)c(OC)c4)C(CCC4C5(C)CCC(O)C(C)(C)C5CCC43C)C12. The van der Waals surface area contributed by atoms with Gasteiger partial charge in [0, 0.05) is 5.41 Å². The normalized spacial score (nSPS) is 43.2. The average molecular weight is 623 g/mol. The second-order valence-electron chi connectivity index (χ2n) is 16.7. The lowest BCUT2D eigenvalue weighted by Gasteiger charge is -2.73. The molecule has 3 N–H and O–H groups in total. The van der Waals surface area contributed by atoms with Gasteiger partial charge in [0.05, 0.1) is 30.8 Å². The van der Waals surface area contributed by atoms with E-state index < -0.39 is 17.4 Å². The van der Waals surface area contributed by atoms with Gasteiger partial charge in [0.2, 0.25) is 0 Å². The van der Waals surface area contributed by atoms with E-state index in [1.54, 1.807) is 6.07 Å². The summed E-state index contributed by atoms with van der Waals surface area (Å²) in [5.74, 6) is 0.0153. The van der Waals surface area contributed by atoms with Crippen LogP contribution in [0.3, 0.4) is 0 Å². The Morgan fingerprint density at radius 3 is 2.36 bits per heavy atom. The lowest BCUT2D eigenvalue weighted by atomic mass is 9.32. The number of hydrogen-bond acceptors (Lipinski definition) is 6. The fourth-order valence-corrected chi connectivity index (χ4v) is 12.7. The van der Waals surface area contributed by atoms with Gasteiger partial charge in [-0.25, -0.2) is 4.79 Å². The van der Waals surface area contributed by atoms with Crippen molar-refractivity contribution in [1.29, 1.82) is 0 Å². The third kappa shape index (κ3) is 4.38. The molecular weight excluding hydrogens is 568 g/mol. The molecule has 7 heteroatoms. The molecule has 1 aromatic rings. The van der Waals surface area contributed by atoms with E-state index in [0.29, 0.717) is 30.2 Å². The highest BCUT2D eigenvalue weighted by atomic mass is 16.5. The van der Waals surface area contributed by atoms with Gasteiger partial charge in [-0.15, -0.1) is 0 Å². The number of rotatable bonds is 6. The summed E-state index contributed by atoms with van der Waals surface area (Å²) in [6.07, 6.45) is 8.21. The molecule has 0 heterocycles. The quantitative estimate of drug-likeness (QED) is 0.221. The molecule has 248 valence electrons. The van der Waals surface area contributed by atoms with Crippen LogP contribution < -0.4 is 4.74 Å². The van der Waals surface area contributed by atoms with E-state index in [-0.39, 0.29) is 63.6 Å². The van der Waals surface area contributed by atoms with Crippen molar-refractivity contribution in [3.05, 3.63) is 35.9 Å². The van der Waals surface area contributed by atoms with E-state index in [1.165, 1.54) is 19.2 Å². The van der Waals surface area contributed by atoms with Crippen LogP contribution in [-0.2, 0) is 9.53 Å². The summed E-state index contributed by atoms with van der Waals surface area (Å²) in [5.41, 5.74) is -0.0742. The number of phenolic OH excluding ortho intramolecular Hbond substituents is 1. The van der Waals surface area contributed by atoms with Crippen LogP contribution in [0.25, 0.3) is 0 Å². The minimum Gasteiger partial charge on any atom is -0.504 e. The first-order chi connectivity index (χ1) is 21.1. The number of hydrogen-bond donors (Lipinski definition) is 3. The van der Waals surface area contributed by atoms with Gasteiger partial charge in [-0.3, -0.25) is 4.79 Å². The van der Waals surface area contributed by atoms with Crippen molar-refractivity contribution in [2.24, 2.45) is 56.7 Å². The number of aliphatic hydroxyl groups excluding tert-OH is 1. The minimum absolute atomic E-state index is 0.0345.